The summed E-state index contributed by atoms with van der Waals surface area (Å²) in [5, 5.41) is 9.14. The molecule has 0 aliphatic heterocycles. The predicted molar refractivity (Wildman–Crippen MR) is 138 cm³/mol. The SMILES string of the molecule is CC(=O)OC1(NC(=O)c2oc3cc(Br)ccc3c2NC(=O)Nc2c(Cl)cccc2Cl)CCCCC1. The predicted octanol–water partition coefficient (Wildman–Crippen LogP) is 7.10. The third-order valence-corrected chi connectivity index (χ3v) is 6.76. The molecule has 0 atom stereocenters. The number of urea groups is 1. The second-order valence-corrected chi connectivity index (χ2v) is 9.96. The fourth-order valence-electron chi connectivity index (χ4n) is 4.14. The molecule has 1 aliphatic rings. The van der Waals surface area contributed by atoms with Crippen LogP contribution in [0.5, 0.6) is 0 Å². The van der Waals surface area contributed by atoms with Crippen LogP contribution in [0.2, 0.25) is 10.0 Å². The largest absolute Gasteiger partial charge is 0.449 e. The van der Waals surface area contributed by atoms with Gasteiger partial charge in [-0.25, -0.2) is 4.79 Å². The number of halogens is 3. The molecule has 1 aliphatic carbocycles. The van der Waals surface area contributed by atoms with E-state index in [4.69, 9.17) is 32.4 Å². The highest BCUT2D eigenvalue weighted by atomic mass is 79.9. The van der Waals surface area contributed by atoms with Crippen molar-refractivity contribution in [1.82, 2.24) is 5.32 Å². The summed E-state index contributed by atoms with van der Waals surface area (Å²) < 4.78 is 12.1. The summed E-state index contributed by atoms with van der Waals surface area (Å²) in [6.45, 7) is 1.30. The molecule has 0 spiro atoms. The Labute approximate surface area is 219 Å². The van der Waals surface area contributed by atoms with Crippen molar-refractivity contribution < 1.29 is 23.5 Å². The molecule has 0 bridgehead atoms. The molecule has 35 heavy (non-hydrogen) atoms. The number of carbonyl (C=O) groups excluding carboxylic acids is 3. The fraction of sp³-hybridized carbons (Fsp3) is 0.292. The molecule has 0 saturated heterocycles. The molecule has 1 fully saturated rings. The molecule has 1 heterocycles. The first-order valence-corrected chi connectivity index (χ1v) is 12.5. The van der Waals surface area contributed by atoms with Crippen LogP contribution in [0, 0.1) is 0 Å². The summed E-state index contributed by atoms with van der Waals surface area (Å²) in [5.74, 6) is -1.24. The monoisotopic (exact) mass is 581 g/mol. The number of nitrogens with one attached hydrogen (secondary N) is 3. The van der Waals surface area contributed by atoms with Gasteiger partial charge in [-0.2, -0.15) is 0 Å². The van der Waals surface area contributed by atoms with Crippen molar-refractivity contribution >= 4 is 79.4 Å². The highest BCUT2D eigenvalue weighted by Crippen LogP contribution is 2.36. The topological polar surface area (TPSA) is 110 Å². The number of para-hydroxylation sites is 1. The zero-order valence-corrected chi connectivity index (χ0v) is 21.8. The zero-order valence-electron chi connectivity index (χ0n) is 18.7. The zero-order chi connectivity index (χ0) is 25.2. The summed E-state index contributed by atoms with van der Waals surface area (Å²) in [6.07, 6.45) is 3.55. The van der Waals surface area contributed by atoms with Crippen LogP contribution >= 0.6 is 39.1 Å². The fourth-order valence-corrected chi connectivity index (χ4v) is 4.98. The average Bonchev–Trinajstić information content (AvgIpc) is 3.13. The lowest BCUT2D eigenvalue weighted by molar-refractivity contribution is -0.163. The highest BCUT2D eigenvalue weighted by Gasteiger charge is 2.38. The van der Waals surface area contributed by atoms with Gasteiger partial charge in [0.1, 0.15) is 11.3 Å². The lowest BCUT2D eigenvalue weighted by Gasteiger charge is -2.36. The average molecular weight is 583 g/mol. The van der Waals surface area contributed by atoms with Crippen LogP contribution in [0.15, 0.2) is 45.3 Å². The molecule has 1 aromatic heterocycles. The molecule has 0 unspecified atom stereocenters. The van der Waals surface area contributed by atoms with E-state index in [0.717, 1.165) is 23.7 Å². The van der Waals surface area contributed by atoms with Gasteiger partial charge in [-0.05, 0) is 43.2 Å². The number of fused-ring (bicyclic) bond motifs is 1. The Hall–Kier alpha value is -2.75. The van der Waals surface area contributed by atoms with Crippen molar-refractivity contribution in [2.75, 3.05) is 10.6 Å². The molecular weight excluding hydrogens is 561 g/mol. The van der Waals surface area contributed by atoms with Crippen LogP contribution in [0.3, 0.4) is 0 Å². The number of hydrogen-bond donors (Lipinski definition) is 3. The maximum atomic E-state index is 13.4. The molecule has 184 valence electrons. The summed E-state index contributed by atoms with van der Waals surface area (Å²) in [4.78, 5) is 38.0. The van der Waals surface area contributed by atoms with E-state index in [0.29, 0.717) is 23.8 Å². The summed E-state index contributed by atoms with van der Waals surface area (Å²) in [5.41, 5.74) is -0.378. The third kappa shape index (κ3) is 5.74. The Balaban J connectivity index is 1.67. The Bertz CT molecular complexity index is 1280. The number of anilines is 2. The molecule has 0 radical (unpaired) electrons. The van der Waals surface area contributed by atoms with Crippen molar-refractivity contribution in [2.45, 2.75) is 44.8 Å². The minimum absolute atomic E-state index is 0.129. The van der Waals surface area contributed by atoms with Gasteiger partial charge < -0.3 is 25.1 Å². The first-order chi connectivity index (χ1) is 16.7. The van der Waals surface area contributed by atoms with Crippen LogP contribution in [0.4, 0.5) is 16.2 Å². The standard InChI is InChI=1S/C24H22BrCl2N3O5/c1-13(31)35-24(10-3-2-4-11-24)30-22(32)21-19(15-9-8-14(25)12-18(15)34-21)28-23(33)29-20-16(26)6-5-7-17(20)27/h5-9,12H,2-4,10-11H2,1H3,(H,30,32)(H2,28,29,33). The second-order valence-electron chi connectivity index (χ2n) is 8.23. The van der Waals surface area contributed by atoms with E-state index in [1.807, 2.05) is 0 Å². The molecule has 4 rings (SSSR count). The van der Waals surface area contributed by atoms with Gasteiger partial charge >= 0.3 is 12.0 Å². The molecular formula is C24H22BrCl2N3O5. The maximum absolute atomic E-state index is 13.4. The second kappa shape index (κ2) is 10.5. The molecule has 1 saturated carbocycles. The van der Waals surface area contributed by atoms with Crippen molar-refractivity contribution in [3.05, 3.63) is 56.7 Å². The molecule has 3 N–H and O–H groups in total. The van der Waals surface area contributed by atoms with Gasteiger partial charge in [0.25, 0.3) is 5.91 Å². The number of carbonyl (C=O) groups is 3. The lowest BCUT2D eigenvalue weighted by Crippen LogP contribution is -2.52. The summed E-state index contributed by atoms with van der Waals surface area (Å²) >= 11 is 15.7. The number of amides is 3. The van der Waals surface area contributed by atoms with Gasteiger partial charge in [0.05, 0.1) is 15.7 Å². The number of hydrogen-bond acceptors (Lipinski definition) is 5. The number of ether oxygens (including phenoxy) is 1. The van der Waals surface area contributed by atoms with E-state index in [1.54, 1.807) is 36.4 Å². The van der Waals surface area contributed by atoms with E-state index in [1.165, 1.54) is 6.92 Å². The minimum Gasteiger partial charge on any atom is -0.449 e. The summed E-state index contributed by atoms with van der Waals surface area (Å²) in [7, 11) is 0. The van der Waals surface area contributed by atoms with Gasteiger partial charge in [0.15, 0.2) is 5.72 Å². The maximum Gasteiger partial charge on any atom is 0.323 e. The Kier molecular flexibility index (Phi) is 7.59. The molecule has 2 aromatic carbocycles. The van der Waals surface area contributed by atoms with Crippen LogP contribution in [0.1, 0.15) is 49.6 Å². The van der Waals surface area contributed by atoms with Crippen LogP contribution in [-0.2, 0) is 9.53 Å². The quantitative estimate of drug-likeness (QED) is 0.219. The number of esters is 1. The Morgan fingerprint density at radius 1 is 1.00 bits per heavy atom. The van der Waals surface area contributed by atoms with E-state index >= 15 is 0 Å². The molecule has 8 nitrogen and oxygen atoms in total. The van der Waals surface area contributed by atoms with E-state index in [2.05, 4.69) is 31.9 Å². The van der Waals surface area contributed by atoms with E-state index in [9.17, 15) is 14.4 Å². The molecule has 11 heteroatoms. The van der Waals surface area contributed by atoms with Gasteiger partial charge in [-0.1, -0.05) is 51.6 Å². The van der Waals surface area contributed by atoms with Crippen LogP contribution < -0.4 is 16.0 Å². The third-order valence-electron chi connectivity index (χ3n) is 5.64. The van der Waals surface area contributed by atoms with Crippen LogP contribution in [-0.4, -0.2) is 23.6 Å². The van der Waals surface area contributed by atoms with Crippen molar-refractivity contribution in [1.29, 1.82) is 0 Å². The Morgan fingerprint density at radius 3 is 2.31 bits per heavy atom. The lowest BCUT2D eigenvalue weighted by atomic mass is 9.91. The van der Waals surface area contributed by atoms with Crippen molar-refractivity contribution in [2.24, 2.45) is 0 Å². The van der Waals surface area contributed by atoms with Gasteiger partial charge in [-0.3, -0.25) is 9.59 Å². The normalized spacial score (nSPS) is 14.9. The van der Waals surface area contributed by atoms with Crippen LogP contribution in [0.25, 0.3) is 11.0 Å². The van der Waals surface area contributed by atoms with E-state index < -0.39 is 23.6 Å². The first kappa shape index (κ1) is 25.3. The summed E-state index contributed by atoms with van der Waals surface area (Å²) in [6, 6.07) is 9.31. The van der Waals surface area contributed by atoms with E-state index in [-0.39, 0.29) is 27.2 Å². The van der Waals surface area contributed by atoms with Crippen molar-refractivity contribution in [3.63, 3.8) is 0 Å². The number of benzene rings is 2. The van der Waals surface area contributed by atoms with Gasteiger partial charge in [-0.15, -0.1) is 0 Å². The number of rotatable bonds is 5. The van der Waals surface area contributed by atoms with Crippen molar-refractivity contribution in [3.8, 4) is 0 Å². The Morgan fingerprint density at radius 2 is 1.66 bits per heavy atom. The molecule has 3 amide bonds. The van der Waals surface area contributed by atoms with Gasteiger partial charge in [0, 0.05) is 29.6 Å². The smallest absolute Gasteiger partial charge is 0.323 e. The highest BCUT2D eigenvalue weighted by molar-refractivity contribution is 9.10. The first-order valence-electron chi connectivity index (χ1n) is 10.9. The number of furan rings is 1. The van der Waals surface area contributed by atoms with Gasteiger partial charge in [0.2, 0.25) is 5.76 Å². The molecule has 3 aromatic rings. The minimum atomic E-state index is -1.13.